The molecule has 0 radical (unpaired) electrons. The number of hydrogen-bond donors (Lipinski definition) is 0. The Balaban J connectivity index is 1.95. The van der Waals surface area contributed by atoms with Crippen LogP contribution in [0, 0.1) is 0 Å². The standard InChI is InChI=1S/C15H17ClN2O3S/c1-2-12-10-15(21-17-12)14-7-4-8-18(14)22(19,20)13-6-3-5-11(16)9-13/h3,5-6,9-10,14H,2,4,7-8H2,1H3/t14-/m0/s1. The highest BCUT2D eigenvalue weighted by atomic mass is 35.5. The average Bonchev–Trinajstić information content (AvgIpc) is 3.16. The lowest BCUT2D eigenvalue weighted by Crippen LogP contribution is -2.30. The van der Waals surface area contributed by atoms with Gasteiger partial charge in [0.2, 0.25) is 10.0 Å². The quantitative estimate of drug-likeness (QED) is 0.855. The molecule has 1 aliphatic heterocycles. The molecule has 0 spiro atoms. The van der Waals surface area contributed by atoms with Gasteiger partial charge >= 0.3 is 0 Å². The van der Waals surface area contributed by atoms with Crippen LogP contribution in [0.4, 0.5) is 0 Å². The van der Waals surface area contributed by atoms with Crippen LogP contribution >= 0.6 is 11.6 Å². The van der Waals surface area contributed by atoms with Gasteiger partial charge in [-0.25, -0.2) is 8.42 Å². The SMILES string of the molecule is CCc1cc([C@@H]2CCCN2S(=O)(=O)c2cccc(Cl)c2)on1. The summed E-state index contributed by atoms with van der Waals surface area (Å²) in [6.45, 7) is 2.46. The molecule has 1 saturated heterocycles. The lowest BCUT2D eigenvalue weighted by atomic mass is 10.1. The van der Waals surface area contributed by atoms with Crippen molar-refractivity contribution >= 4 is 21.6 Å². The molecule has 0 N–H and O–H groups in total. The van der Waals surface area contributed by atoms with E-state index >= 15 is 0 Å². The van der Waals surface area contributed by atoms with Gasteiger partial charge in [-0.05, 0) is 37.5 Å². The third-order valence-corrected chi connectivity index (χ3v) is 6.01. The molecule has 2 heterocycles. The number of aromatic nitrogens is 1. The first-order valence-electron chi connectivity index (χ1n) is 7.25. The van der Waals surface area contributed by atoms with Crippen LogP contribution in [0.5, 0.6) is 0 Å². The highest BCUT2D eigenvalue weighted by Crippen LogP contribution is 2.37. The van der Waals surface area contributed by atoms with Crippen LogP contribution in [0.15, 0.2) is 39.8 Å². The Morgan fingerprint density at radius 3 is 2.91 bits per heavy atom. The number of nitrogens with zero attached hydrogens (tertiary/aromatic N) is 2. The van der Waals surface area contributed by atoms with Crippen LogP contribution in [-0.2, 0) is 16.4 Å². The monoisotopic (exact) mass is 340 g/mol. The Labute approximate surface area is 134 Å². The molecule has 3 rings (SSSR count). The lowest BCUT2D eigenvalue weighted by Gasteiger charge is -2.22. The minimum Gasteiger partial charge on any atom is -0.359 e. The lowest BCUT2D eigenvalue weighted by molar-refractivity contribution is 0.296. The van der Waals surface area contributed by atoms with Crippen LogP contribution < -0.4 is 0 Å². The van der Waals surface area contributed by atoms with Crippen molar-refractivity contribution in [2.45, 2.75) is 37.1 Å². The van der Waals surface area contributed by atoms with Crippen molar-refractivity contribution in [3.8, 4) is 0 Å². The number of sulfonamides is 1. The van der Waals surface area contributed by atoms with E-state index in [1.165, 1.54) is 10.4 Å². The van der Waals surface area contributed by atoms with Crippen molar-refractivity contribution in [3.05, 3.63) is 46.8 Å². The maximum absolute atomic E-state index is 12.9. The zero-order valence-electron chi connectivity index (χ0n) is 12.2. The Morgan fingerprint density at radius 1 is 1.41 bits per heavy atom. The highest BCUT2D eigenvalue weighted by Gasteiger charge is 2.38. The van der Waals surface area contributed by atoms with Crippen LogP contribution in [0.3, 0.4) is 0 Å². The molecular weight excluding hydrogens is 324 g/mol. The molecule has 0 amide bonds. The second kappa shape index (κ2) is 6.02. The average molecular weight is 341 g/mol. The number of aryl methyl sites for hydroxylation is 1. The first-order chi connectivity index (χ1) is 10.5. The van der Waals surface area contributed by atoms with Crippen LogP contribution in [0.1, 0.15) is 37.3 Å². The van der Waals surface area contributed by atoms with Crippen molar-refractivity contribution in [2.24, 2.45) is 0 Å². The molecule has 1 atom stereocenters. The van der Waals surface area contributed by atoms with Gasteiger partial charge in [0.1, 0.15) is 0 Å². The van der Waals surface area contributed by atoms with E-state index in [1.807, 2.05) is 13.0 Å². The van der Waals surface area contributed by atoms with E-state index in [0.29, 0.717) is 17.3 Å². The van der Waals surface area contributed by atoms with Crippen molar-refractivity contribution in [1.82, 2.24) is 9.46 Å². The largest absolute Gasteiger partial charge is 0.359 e. The molecule has 1 aliphatic rings. The molecule has 0 bridgehead atoms. The normalized spacial score (nSPS) is 19.6. The first-order valence-corrected chi connectivity index (χ1v) is 9.07. The second-order valence-corrected chi connectivity index (χ2v) is 7.63. The smallest absolute Gasteiger partial charge is 0.243 e. The Morgan fingerprint density at radius 2 is 2.23 bits per heavy atom. The zero-order valence-corrected chi connectivity index (χ0v) is 13.8. The molecular formula is C15H17ClN2O3S. The van der Waals surface area contributed by atoms with E-state index in [1.54, 1.807) is 18.2 Å². The Bertz CT molecular complexity index is 773. The third kappa shape index (κ3) is 2.78. The van der Waals surface area contributed by atoms with E-state index in [4.69, 9.17) is 16.1 Å². The topological polar surface area (TPSA) is 63.4 Å². The van der Waals surface area contributed by atoms with Crippen molar-refractivity contribution in [1.29, 1.82) is 0 Å². The number of halogens is 1. The van der Waals surface area contributed by atoms with Gasteiger partial charge < -0.3 is 4.52 Å². The molecule has 0 saturated carbocycles. The van der Waals surface area contributed by atoms with Crippen LogP contribution in [0.25, 0.3) is 0 Å². The van der Waals surface area contributed by atoms with Gasteiger partial charge in [0, 0.05) is 17.6 Å². The molecule has 118 valence electrons. The van der Waals surface area contributed by atoms with Gasteiger partial charge in [-0.1, -0.05) is 29.7 Å². The van der Waals surface area contributed by atoms with Crippen molar-refractivity contribution in [2.75, 3.05) is 6.54 Å². The summed E-state index contributed by atoms with van der Waals surface area (Å²) in [4.78, 5) is 0.210. The van der Waals surface area contributed by atoms with Gasteiger partial charge in [0.15, 0.2) is 5.76 Å². The third-order valence-electron chi connectivity index (χ3n) is 3.87. The Kier molecular flexibility index (Phi) is 4.25. The summed E-state index contributed by atoms with van der Waals surface area (Å²) in [6.07, 6.45) is 2.29. The molecule has 1 aromatic heterocycles. The summed E-state index contributed by atoms with van der Waals surface area (Å²) >= 11 is 5.92. The molecule has 0 aliphatic carbocycles. The predicted octanol–water partition coefficient (Wildman–Crippen LogP) is 3.42. The van der Waals surface area contributed by atoms with E-state index < -0.39 is 10.0 Å². The minimum atomic E-state index is -3.59. The summed E-state index contributed by atoms with van der Waals surface area (Å²) in [5.41, 5.74) is 0.835. The summed E-state index contributed by atoms with van der Waals surface area (Å²) in [5, 5.41) is 4.37. The fourth-order valence-corrected chi connectivity index (χ4v) is 4.69. The minimum absolute atomic E-state index is 0.210. The maximum Gasteiger partial charge on any atom is 0.243 e. The molecule has 2 aromatic rings. The van der Waals surface area contributed by atoms with Gasteiger partial charge in [-0.2, -0.15) is 4.31 Å². The molecule has 22 heavy (non-hydrogen) atoms. The molecule has 7 heteroatoms. The molecule has 0 unspecified atom stereocenters. The van der Waals surface area contributed by atoms with Crippen molar-refractivity contribution < 1.29 is 12.9 Å². The van der Waals surface area contributed by atoms with E-state index in [9.17, 15) is 8.42 Å². The fourth-order valence-electron chi connectivity index (χ4n) is 2.73. The number of rotatable bonds is 4. The fraction of sp³-hybridized carbons (Fsp3) is 0.400. The summed E-state index contributed by atoms with van der Waals surface area (Å²) < 4.78 is 32.5. The Hall–Kier alpha value is -1.37. The number of benzene rings is 1. The van der Waals surface area contributed by atoms with Crippen LogP contribution in [-0.4, -0.2) is 24.4 Å². The second-order valence-electron chi connectivity index (χ2n) is 5.31. The summed E-state index contributed by atoms with van der Waals surface area (Å²) in [5.74, 6) is 0.611. The molecule has 1 fully saturated rings. The van der Waals surface area contributed by atoms with Crippen molar-refractivity contribution in [3.63, 3.8) is 0 Å². The summed E-state index contributed by atoms with van der Waals surface area (Å²) in [7, 11) is -3.59. The zero-order chi connectivity index (χ0) is 15.7. The highest BCUT2D eigenvalue weighted by molar-refractivity contribution is 7.89. The van der Waals surface area contributed by atoms with E-state index in [-0.39, 0.29) is 10.9 Å². The molecule has 1 aromatic carbocycles. The summed E-state index contributed by atoms with van der Waals surface area (Å²) in [6, 6.07) is 7.89. The number of hydrogen-bond acceptors (Lipinski definition) is 4. The van der Waals surface area contributed by atoms with Gasteiger partial charge in [-0.3, -0.25) is 0 Å². The van der Waals surface area contributed by atoms with E-state index in [0.717, 1.165) is 25.0 Å². The van der Waals surface area contributed by atoms with Gasteiger partial charge in [0.25, 0.3) is 0 Å². The maximum atomic E-state index is 12.9. The van der Waals surface area contributed by atoms with Gasteiger partial charge in [-0.15, -0.1) is 0 Å². The molecule has 5 nitrogen and oxygen atoms in total. The van der Waals surface area contributed by atoms with Gasteiger partial charge in [0.05, 0.1) is 16.6 Å². The predicted molar refractivity (Wildman–Crippen MR) is 83.2 cm³/mol. The first kappa shape index (κ1) is 15.5. The van der Waals surface area contributed by atoms with Crippen LogP contribution in [0.2, 0.25) is 5.02 Å². The van der Waals surface area contributed by atoms with E-state index in [2.05, 4.69) is 5.16 Å².